The first-order chi connectivity index (χ1) is 7.97. The van der Waals surface area contributed by atoms with Crippen LogP contribution in [0.15, 0.2) is 0 Å². The molecule has 0 aliphatic heterocycles. The van der Waals surface area contributed by atoms with Crippen molar-refractivity contribution in [1.29, 1.82) is 5.26 Å². The normalized spacial score (nSPS) is 11.7. The third-order valence-corrected chi connectivity index (χ3v) is 1.95. The van der Waals surface area contributed by atoms with Crippen LogP contribution in [0.3, 0.4) is 0 Å². The predicted octanol–water partition coefficient (Wildman–Crippen LogP) is -0.481. The Kier molecular flexibility index (Phi) is 7.72. The summed E-state index contributed by atoms with van der Waals surface area (Å²) in [6, 6.07) is 1.59. The van der Waals surface area contributed by atoms with Crippen molar-refractivity contribution in [1.82, 2.24) is 16.0 Å². The standard InChI is InChI=1S/C11H20N4O2/c1-8(2)15-11(17)9(3)14-7-10(16)13-6-4-5-12/h8-9,14H,4,6-7H2,1-3H3,(H,13,16)(H,15,17). The van der Waals surface area contributed by atoms with Crippen LogP contribution in [0.1, 0.15) is 27.2 Å². The number of nitrogens with one attached hydrogen (secondary N) is 3. The van der Waals surface area contributed by atoms with E-state index >= 15 is 0 Å². The van der Waals surface area contributed by atoms with Crippen LogP contribution in [0.4, 0.5) is 0 Å². The van der Waals surface area contributed by atoms with Crippen LogP contribution >= 0.6 is 0 Å². The molecule has 6 nitrogen and oxygen atoms in total. The van der Waals surface area contributed by atoms with Gasteiger partial charge in [0, 0.05) is 12.6 Å². The molecule has 0 fully saturated rings. The number of carbonyl (C=O) groups is 2. The van der Waals surface area contributed by atoms with Gasteiger partial charge in [-0.15, -0.1) is 0 Å². The molecule has 0 aromatic carbocycles. The largest absolute Gasteiger partial charge is 0.354 e. The highest BCUT2D eigenvalue weighted by Crippen LogP contribution is 1.85. The van der Waals surface area contributed by atoms with Crippen molar-refractivity contribution in [3.8, 4) is 6.07 Å². The first kappa shape index (κ1) is 15.4. The number of hydrogen-bond acceptors (Lipinski definition) is 4. The van der Waals surface area contributed by atoms with Crippen LogP contribution in [-0.2, 0) is 9.59 Å². The van der Waals surface area contributed by atoms with E-state index in [0.29, 0.717) is 6.54 Å². The summed E-state index contributed by atoms with van der Waals surface area (Å²) in [7, 11) is 0. The fraction of sp³-hybridized carbons (Fsp3) is 0.727. The van der Waals surface area contributed by atoms with E-state index in [9.17, 15) is 9.59 Å². The van der Waals surface area contributed by atoms with Gasteiger partial charge in [-0.05, 0) is 20.8 Å². The Morgan fingerprint density at radius 1 is 1.29 bits per heavy atom. The number of hydrogen-bond donors (Lipinski definition) is 3. The molecule has 1 unspecified atom stereocenters. The van der Waals surface area contributed by atoms with E-state index in [1.807, 2.05) is 19.9 Å². The van der Waals surface area contributed by atoms with E-state index in [1.165, 1.54) is 0 Å². The lowest BCUT2D eigenvalue weighted by atomic mass is 10.3. The zero-order chi connectivity index (χ0) is 13.3. The predicted molar refractivity (Wildman–Crippen MR) is 64.0 cm³/mol. The van der Waals surface area contributed by atoms with Crippen LogP contribution in [0.25, 0.3) is 0 Å². The maximum Gasteiger partial charge on any atom is 0.237 e. The molecule has 0 rings (SSSR count). The first-order valence-electron chi connectivity index (χ1n) is 5.64. The summed E-state index contributed by atoms with van der Waals surface area (Å²) in [5, 5.41) is 16.4. The molecule has 0 saturated carbocycles. The Bertz CT molecular complexity index is 296. The molecule has 0 aliphatic rings. The third kappa shape index (κ3) is 8.22. The van der Waals surface area contributed by atoms with E-state index < -0.39 is 6.04 Å². The van der Waals surface area contributed by atoms with Crippen molar-refractivity contribution >= 4 is 11.8 Å². The molecule has 0 radical (unpaired) electrons. The summed E-state index contributed by atoms with van der Waals surface area (Å²) in [6.45, 7) is 5.85. The number of amides is 2. The second kappa shape index (κ2) is 8.53. The van der Waals surface area contributed by atoms with Gasteiger partial charge in [0.1, 0.15) is 0 Å². The van der Waals surface area contributed by atoms with Gasteiger partial charge in [-0.2, -0.15) is 5.26 Å². The molecule has 0 bridgehead atoms. The molecule has 0 aromatic rings. The number of nitrogens with zero attached hydrogens (tertiary/aromatic N) is 1. The average molecular weight is 240 g/mol. The average Bonchev–Trinajstić information content (AvgIpc) is 2.25. The summed E-state index contributed by atoms with van der Waals surface area (Å²) in [5.41, 5.74) is 0. The van der Waals surface area contributed by atoms with E-state index in [0.717, 1.165) is 0 Å². The quantitative estimate of drug-likeness (QED) is 0.524. The molecular formula is C11H20N4O2. The molecule has 0 heterocycles. The number of carbonyl (C=O) groups excluding carboxylic acids is 2. The van der Waals surface area contributed by atoms with Crippen LogP contribution in [-0.4, -0.2) is 37.0 Å². The monoisotopic (exact) mass is 240 g/mol. The molecule has 2 amide bonds. The lowest BCUT2D eigenvalue weighted by Crippen LogP contribution is -2.47. The van der Waals surface area contributed by atoms with Crippen molar-refractivity contribution in [2.24, 2.45) is 0 Å². The minimum Gasteiger partial charge on any atom is -0.354 e. The zero-order valence-electron chi connectivity index (χ0n) is 10.5. The molecule has 96 valence electrons. The molecule has 0 saturated heterocycles. The number of rotatable bonds is 7. The second-order valence-corrected chi connectivity index (χ2v) is 4.02. The van der Waals surface area contributed by atoms with E-state index in [2.05, 4.69) is 16.0 Å². The highest BCUT2D eigenvalue weighted by atomic mass is 16.2. The fourth-order valence-electron chi connectivity index (χ4n) is 1.07. The van der Waals surface area contributed by atoms with Gasteiger partial charge in [-0.25, -0.2) is 0 Å². The lowest BCUT2D eigenvalue weighted by molar-refractivity contribution is -0.123. The summed E-state index contributed by atoms with van der Waals surface area (Å²) < 4.78 is 0. The summed E-state index contributed by atoms with van der Waals surface area (Å²) in [4.78, 5) is 22.7. The molecular weight excluding hydrogens is 220 g/mol. The third-order valence-electron chi connectivity index (χ3n) is 1.95. The van der Waals surface area contributed by atoms with Crippen molar-refractivity contribution < 1.29 is 9.59 Å². The van der Waals surface area contributed by atoms with E-state index in [1.54, 1.807) is 6.92 Å². The maximum absolute atomic E-state index is 11.5. The van der Waals surface area contributed by atoms with Crippen LogP contribution in [0.2, 0.25) is 0 Å². The number of nitriles is 1. The van der Waals surface area contributed by atoms with Gasteiger partial charge in [-0.3, -0.25) is 14.9 Å². The van der Waals surface area contributed by atoms with Gasteiger partial charge in [0.05, 0.1) is 25.1 Å². The Hall–Kier alpha value is -1.61. The molecule has 3 N–H and O–H groups in total. The van der Waals surface area contributed by atoms with E-state index in [-0.39, 0.29) is 30.8 Å². The Labute approximate surface area is 102 Å². The molecule has 1 atom stereocenters. The second-order valence-electron chi connectivity index (χ2n) is 4.02. The molecule has 0 spiro atoms. The van der Waals surface area contributed by atoms with Gasteiger partial charge < -0.3 is 10.6 Å². The van der Waals surface area contributed by atoms with Gasteiger partial charge in [0.2, 0.25) is 11.8 Å². The van der Waals surface area contributed by atoms with Gasteiger partial charge in [-0.1, -0.05) is 0 Å². The van der Waals surface area contributed by atoms with Crippen LogP contribution < -0.4 is 16.0 Å². The van der Waals surface area contributed by atoms with Crippen molar-refractivity contribution in [3.05, 3.63) is 0 Å². The molecule has 17 heavy (non-hydrogen) atoms. The molecule has 0 aliphatic carbocycles. The molecule has 6 heteroatoms. The van der Waals surface area contributed by atoms with Gasteiger partial charge in [0.15, 0.2) is 0 Å². The topological polar surface area (TPSA) is 94.0 Å². The SMILES string of the molecule is CC(C)NC(=O)C(C)NCC(=O)NCCC#N. The summed E-state index contributed by atoms with van der Waals surface area (Å²) in [5.74, 6) is -0.353. The smallest absolute Gasteiger partial charge is 0.237 e. The Morgan fingerprint density at radius 3 is 2.47 bits per heavy atom. The summed E-state index contributed by atoms with van der Waals surface area (Å²) in [6.07, 6.45) is 0.287. The Morgan fingerprint density at radius 2 is 1.94 bits per heavy atom. The highest BCUT2D eigenvalue weighted by Gasteiger charge is 2.13. The van der Waals surface area contributed by atoms with Gasteiger partial charge >= 0.3 is 0 Å². The van der Waals surface area contributed by atoms with Crippen molar-refractivity contribution in [2.75, 3.05) is 13.1 Å². The fourth-order valence-corrected chi connectivity index (χ4v) is 1.07. The minimum absolute atomic E-state index is 0.0676. The van der Waals surface area contributed by atoms with Crippen molar-refractivity contribution in [3.63, 3.8) is 0 Å². The van der Waals surface area contributed by atoms with Gasteiger partial charge in [0.25, 0.3) is 0 Å². The van der Waals surface area contributed by atoms with E-state index in [4.69, 9.17) is 5.26 Å². The minimum atomic E-state index is -0.417. The first-order valence-corrected chi connectivity index (χ1v) is 5.64. The van der Waals surface area contributed by atoms with Crippen LogP contribution in [0.5, 0.6) is 0 Å². The maximum atomic E-state index is 11.5. The Balaban J connectivity index is 3.76. The molecule has 0 aromatic heterocycles. The summed E-state index contributed by atoms with van der Waals surface area (Å²) >= 11 is 0. The van der Waals surface area contributed by atoms with Crippen LogP contribution in [0, 0.1) is 11.3 Å². The zero-order valence-corrected chi connectivity index (χ0v) is 10.5. The lowest BCUT2D eigenvalue weighted by Gasteiger charge is -2.15. The van der Waals surface area contributed by atoms with Crippen molar-refractivity contribution in [2.45, 2.75) is 39.3 Å². The highest BCUT2D eigenvalue weighted by molar-refractivity contribution is 5.83.